The van der Waals surface area contributed by atoms with E-state index in [0.717, 1.165) is 55.8 Å². The van der Waals surface area contributed by atoms with Crippen molar-refractivity contribution in [3.8, 4) is 0 Å². The van der Waals surface area contributed by atoms with Gasteiger partial charge < -0.3 is 0 Å². The van der Waals surface area contributed by atoms with E-state index in [0.29, 0.717) is 22.9 Å². The van der Waals surface area contributed by atoms with Crippen LogP contribution in [-0.2, 0) is 11.3 Å². The van der Waals surface area contributed by atoms with Gasteiger partial charge in [-0.25, -0.2) is 9.07 Å². The quantitative estimate of drug-likeness (QED) is 0.569. The first-order chi connectivity index (χ1) is 16.0. The molecule has 0 radical (unpaired) electrons. The maximum Gasteiger partial charge on any atom is 0.157 e. The van der Waals surface area contributed by atoms with Gasteiger partial charge in [0.1, 0.15) is 17.9 Å². The van der Waals surface area contributed by atoms with E-state index in [2.05, 4.69) is 17.2 Å². The van der Waals surface area contributed by atoms with E-state index in [4.69, 9.17) is 0 Å². The molecule has 6 rings (SSSR count). The van der Waals surface area contributed by atoms with E-state index in [-0.39, 0.29) is 36.2 Å². The van der Waals surface area contributed by atoms with E-state index < -0.39 is 0 Å². The number of fused-ring (bicyclic) bond motifs is 6. The molecule has 6 heteroatoms. The number of rotatable bonds is 4. The van der Waals surface area contributed by atoms with Crippen LogP contribution in [0.2, 0.25) is 0 Å². The fraction of sp³-hybridized carbons (Fsp3) is 0.741. The summed E-state index contributed by atoms with van der Waals surface area (Å²) in [5.74, 6) is 3.88. The number of hydrogen-bond donors (Lipinski definition) is 0. The van der Waals surface area contributed by atoms with Crippen molar-refractivity contribution in [2.45, 2.75) is 71.3 Å². The molecule has 1 heterocycles. The molecular formula is C27H35F2N3O. The number of nitrogens with zero attached hydrogens (tertiary/aromatic N) is 3. The molecule has 1 aromatic carbocycles. The Bertz CT molecular complexity index is 1050. The lowest BCUT2D eigenvalue weighted by Crippen LogP contribution is -2.49. The molecular weight excluding hydrogens is 420 g/mol. The van der Waals surface area contributed by atoms with Crippen LogP contribution >= 0.6 is 0 Å². The largest absolute Gasteiger partial charge is 0.297 e. The molecule has 0 amide bonds. The van der Waals surface area contributed by atoms with Gasteiger partial charge in [0, 0.05) is 12.0 Å². The summed E-state index contributed by atoms with van der Waals surface area (Å²) in [6, 6.07) is 4.41. The first-order valence-corrected chi connectivity index (χ1v) is 13.1. The summed E-state index contributed by atoms with van der Waals surface area (Å²) in [5, 5.41) is 8.26. The molecule has 4 fully saturated rings. The van der Waals surface area contributed by atoms with Crippen LogP contribution in [0.3, 0.4) is 0 Å². The molecule has 33 heavy (non-hydrogen) atoms. The lowest BCUT2D eigenvalue weighted by molar-refractivity contribution is -0.131. The van der Waals surface area contributed by atoms with Crippen LogP contribution in [0, 0.1) is 52.7 Å². The Morgan fingerprint density at radius 1 is 1.09 bits per heavy atom. The van der Waals surface area contributed by atoms with Crippen LogP contribution in [0.1, 0.15) is 64.7 Å². The van der Waals surface area contributed by atoms with Gasteiger partial charge in [0.25, 0.3) is 0 Å². The Balaban J connectivity index is 1.19. The number of carbonyl (C=O) groups excluding carboxylic acids is 1. The molecule has 4 nitrogen and oxygen atoms in total. The van der Waals surface area contributed by atoms with Crippen LogP contribution in [0.15, 0.2) is 18.2 Å². The Labute approximate surface area is 194 Å². The topological polar surface area (TPSA) is 47.8 Å². The number of benzene rings is 1. The summed E-state index contributed by atoms with van der Waals surface area (Å²) in [4.78, 5) is 13.5. The fourth-order valence-corrected chi connectivity index (χ4v) is 8.93. The molecule has 8 unspecified atom stereocenters. The Morgan fingerprint density at radius 3 is 2.79 bits per heavy atom. The molecule has 178 valence electrons. The third-order valence-corrected chi connectivity index (χ3v) is 10.5. The average Bonchev–Trinajstić information content (AvgIpc) is 3.38. The number of halogens is 2. The average molecular weight is 456 g/mol. The molecule has 0 aliphatic heterocycles. The highest BCUT2D eigenvalue weighted by Crippen LogP contribution is 2.64. The summed E-state index contributed by atoms with van der Waals surface area (Å²) in [7, 11) is 0. The molecule has 4 saturated carbocycles. The molecule has 0 N–H and O–H groups in total. The van der Waals surface area contributed by atoms with Crippen molar-refractivity contribution in [2.75, 3.05) is 6.67 Å². The lowest BCUT2D eigenvalue weighted by atomic mass is 9.49. The van der Waals surface area contributed by atoms with E-state index >= 15 is 0 Å². The second kappa shape index (κ2) is 8.13. The predicted octanol–water partition coefficient (Wildman–Crippen LogP) is 5.99. The molecule has 4 aliphatic carbocycles. The standard InChI is InChI=1S/C27H35F2N3O/c1-27-11-10-20-19-5-2-16(14-28)12-17(19)3-6-21(20)22(27)7-8-23(27)26(33)15-32-25-13-18(29)4-9-24(25)30-31-32/h4,9,13,16-17,19-23H,2-3,5-8,10-12,14-15H2,1H3. The van der Waals surface area contributed by atoms with Crippen molar-refractivity contribution < 1.29 is 13.6 Å². The summed E-state index contributed by atoms with van der Waals surface area (Å²) in [6.07, 6.45) is 10.3. The number of Topliss-reactive ketones (excluding diaryl/α,β-unsaturated/α-hetero) is 1. The van der Waals surface area contributed by atoms with Gasteiger partial charge in [-0.2, -0.15) is 0 Å². The molecule has 4 aliphatic rings. The van der Waals surface area contributed by atoms with Gasteiger partial charge in [-0.1, -0.05) is 12.1 Å². The number of aromatic nitrogens is 3. The number of alkyl halides is 1. The minimum atomic E-state index is -0.333. The molecule has 0 bridgehead atoms. The normalized spacial score (nSPS) is 40.3. The van der Waals surface area contributed by atoms with Crippen molar-refractivity contribution >= 4 is 16.8 Å². The van der Waals surface area contributed by atoms with Gasteiger partial charge in [0.05, 0.1) is 12.2 Å². The smallest absolute Gasteiger partial charge is 0.157 e. The molecule has 8 atom stereocenters. The van der Waals surface area contributed by atoms with Crippen LogP contribution in [0.4, 0.5) is 8.78 Å². The molecule has 1 aromatic heterocycles. The van der Waals surface area contributed by atoms with E-state index in [1.54, 1.807) is 10.7 Å². The summed E-state index contributed by atoms with van der Waals surface area (Å²) in [6.45, 7) is 2.40. The van der Waals surface area contributed by atoms with Crippen molar-refractivity contribution in [1.82, 2.24) is 15.0 Å². The second-order valence-corrected chi connectivity index (χ2v) is 11.8. The van der Waals surface area contributed by atoms with Crippen LogP contribution in [-0.4, -0.2) is 27.5 Å². The highest BCUT2D eigenvalue weighted by atomic mass is 19.1. The third kappa shape index (κ3) is 3.46. The van der Waals surface area contributed by atoms with Gasteiger partial charge in [-0.3, -0.25) is 9.18 Å². The second-order valence-electron chi connectivity index (χ2n) is 11.8. The van der Waals surface area contributed by atoms with Crippen LogP contribution < -0.4 is 0 Å². The van der Waals surface area contributed by atoms with Crippen molar-refractivity contribution in [3.05, 3.63) is 24.0 Å². The molecule has 0 saturated heterocycles. The monoisotopic (exact) mass is 455 g/mol. The van der Waals surface area contributed by atoms with Gasteiger partial charge in [0.2, 0.25) is 0 Å². The lowest BCUT2D eigenvalue weighted by Gasteiger charge is -2.56. The zero-order valence-corrected chi connectivity index (χ0v) is 19.6. The zero-order chi connectivity index (χ0) is 22.7. The summed E-state index contributed by atoms with van der Waals surface area (Å²) >= 11 is 0. The highest BCUT2D eigenvalue weighted by molar-refractivity contribution is 5.84. The summed E-state index contributed by atoms with van der Waals surface area (Å²) < 4.78 is 28.6. The van der Waals surface area contributed by atoms with E-state index in [9.17, 15) is 13.6 Å². The first-order valence-electron chi connectivity index (χ1n) is 13.1. The number of ketones is 1. The SMILES string of the molecule is CC12CCC3C4CCC(CF)CC4CCC3C1CCC2C(=O)Cn1nnc2ccc(F)cc21. The third-order valence-electron chi connectivity index (χ3n) is 10.5. The Kier molecular flexibility index (Phi) is 5.34. The fourth-order valence-electron chi connectivity index (χ4n) is 8.93. The minimum absolute atomic E-state index is 0.0521. The van der Waals surface area contributed by atoms with Crippen LogP contribution in [0.5, 0.6) is 0 Å². The maximum absolute atomic E-state index is 13.8. The predicted molar refractivity (Wildman–Crippen MR) is 123 cm³/mol. The molecule has 0 spiro atoms. The van der Waals surface area contributed by atoms with Crippen LogP contribution in [0.25, 0.3) is 11.0 Å². The van der Waals surface area contributed by atoms with Crippen molar-refractivity contribution in [3.63, 3.8) is 0 Å². The van der Waals surface area contributed by atoms with Gasteiger partial charge >= 0.3 is 0 Å². The van der Waals surface area contributed by atoms with Gasteiger partial charge in [-0.15, -0.1) is 5.10 Å². The highest BCUT2D eigenvalue weighted by Gasteiger charge is 2.58. The first kappa shape index (κ1) is 21.7. The number of carbonyl (C=O) groups is 1. The Morgan fingerprint density at radius 2 is 1.94 bits per heavy atom. The van der Waals surface area contributed by atoms with Gasteiger partial charge in [-0.05, 0) is 111 Å². The maximum atomic E-state index is 13.8. The molecule has 2 aromatic rings. The van der Waals surface area contributed by atoms with Crippen molar-refractivity contribution in [2.24, 2.45) is 46.8 Å². The summed E-state index contributed by atoms with van der Waals surface area (Å²) in [5.41, 5.74) is 1.27. The van der Waals surface area contributed by atoms with Crippen molar-refractivity contribution in [1.29, 1.82) is 0 Å². The van der Waals surface area contributed by atoms with E-state index in [1.165, 1.54) is 37.8 Å². The van der Waals surface area contributed by atoms with E-state index in [1.807, 2.05) is 0 Å². The zero-order valence-electron chi connectivity index (χ0n) is 19.6. The van der Waals surface area contributed by atoms with Gasteiger partial charge in [0.15, 0.2) is 5.78 Å². The Hall–Kier alpha value is -1.85. The number of hydrogen-bond acceptors (Lipinski definition) is 3. The minimum Gasteiger partial charge on any atom is -0.297 e.